The van der Waals surface area contributed by atoms with E-state index in [1.807, 2.05) is 18.2 Å². The minimum absolute atomic E-state index is 0.138. The second kappa shape index (κ2) is 6.67. The van der Waals surface area contributed by atoms with Gasteiger partial charge in [-0.15, -0.1) is 0 Å². The third-order valence-electron chi connectivity index (χ3n) is 2.45. The molecule has 1 rings (SSSR count). The van der Waals surface area contributed by atoms with Gasteiger partial charge >= 0.3 is 0 Å². The SMILES string of the molecule is CCNC(C=C(C)C)c1cc(Cl)ccc1OC. The molecule has 0 bridgehead atoms. The first-order chi connectivity index (χ1) is 8.08. The Morgan fingerprint density at radius 3 is 2.71 bits per heavy atom. The van der Waals surface area contributed by atoms with Crippen molar-refractivity contribution in [3.63, 3.8) is 0 Å². The van der Waals surface area contributed by atoms with Crippen LogP contribution in [-0.4, -0.2) is 13.7 Å². The van der Waals surface area contributed by atoms with E-state index < -0.39 is 0 Å². The summed E-state index contributed by atoms with van der Waals surface area (Å²) in [6.07, 6.45) is 2.18. The molecular formula is C14H20ClNO. The minimum atomic E-state index is 0.138. The summed E-state index contributed by atoms with van der Waals surface area (Å²) in [7, 11) is 1.68. The van der Waals surface area contributed by atoms with E-state index in [2.05, 4.69) is 32.2 Å². The van der Waals surface area contributed by atoms with Gasteiger partial charge in [-0.2, -0.15) is 0 Å². The standard InChI is InChI=1S/C14H20ClNO/c1-5-16-13(8-10(2)3)12-9-11(15)6-7-14(12)17-4/h6-9,13,16H,5H2,1-4H3. The van der Waals surface area contributed by atoms with Crippen LogP contribution in [0.2, 0.25) is 5.02 Å². The molecule has 0 amide bonds. The van der Waals surface area contributed by atoms with Gasteiger partial charge in [0.1, 0.15) is 5.75 Å². The van der Waals surface area contributed by atoms with E-state index in [4.69, 9.17) is 16.3 Å². The Bertz CT molecular complexity index is 397. The summed E-state index contributed by atoms with van der Waals surface area (Å²) >= 11 is 6.05. The summed E-state index contributed by atoms with van der Waals surface area (Å²) in [5, 5.41) is 4.14. The van der Waals surface area contributed by atoms with Crippen LogP contribution in [0.1, 0.15) is 32.4 Å². The van der Waals surface area contributed by atoms with Crippen molar-refractivity contribution >= 4 is 11.6 Å². The molecule has 0 saturated heterocycles. The maximum atomic E-state index is 6.05. The molecule has 0 aromatic heterocycles. The predicted octanol–water partition coefficient (Wildman–Crippen LogP) is 3.97. The molecule has 0 fully saturated rings. The lowest BCUT2D eigenvalue weighted by Gasteiger charge is -2.18. The number of hydrogen-bond acceptors (Lipinski definition) is 2. The zero-order valence-corrected chi connectivity index (χ0v) is 11.6. The van der Waals surface area contributed by atoms with Crippen LogP contribution in [0.4, 0.5) is 0 Å². The van der Waals surface area contributed by atoms with E-state index >= 15 is 0 Å². The van der Waals surface area contributed by atoms with E-state index in [0.29, 0.717) is 0 Å². The smallest absolute Gasteiger partial charge is 0.124 e. The summed E-state index contributed by atoms with van der Waals surface area (Å²) in [5.41, 5.74) is 2.33. The van der Waals surface area contributed by atoms with Gasteiger partial charge in [-0.05, 0) is 38.6 Å². The minimum Gasteiger partial charge on any atom is -0.496 e. The molecule has 0 aliphatic carbocycles. The Hall–Kier alpha value is -0.990. The molecular weight excluding hydrogens is 234 g/mol. The maximum Gasteiger partial charge on any atom is 0.124 e. The number of nitrogens with one attached hydrogen (secondary N) is 1. The fraction of sp³-hybridized carbons (Fsp3) is 0.429. The number of methoxy groups -OCH3 is 1. The molecule has 3 heteroatoms. The van der Waals surface area contributed by atoms with E-state index in [-0.39, 0.29) is 6.04 Å². The van der Waals surface area contributed by atoms with Gasteiger partial charge in [-0.1, -0.05) is 30.2 Å². The Labute approximate surface area is 109 Å². The lowest BCUT2D eigenvalue weighted by Crippen LogP contribution is -2.19. The van der Waals surface area contributed by atoms with Crippen LogP contribution in [0.3, 0.4) is 0 Å². The van der Waals surface area contributed by atoms with Crippen molar-refractivity contribution in [2.24, 2.45) is 0 Å². The van der Waals surface area contributed by atoms with Crippen LogP contribution in [-0.2, 0) is 0 Å². The monoisotopic (exact) mass is 253 g/mol. The van der Waals surface area contributed by atoms with E-state index in [0.717, 1.165) is 22.9 Å². The summed E-state index contributed by atoms with van der Waals surface area (Å²) in [6.45, 7) is 7.15. The van der Waals surface area contributed by atoms with E-state index in [1.54, 1.807) is 7.11 Å². The predicted molar refractivity (Wildman–Crippen MR) is 73.9 cm³/mol. The molecule has 2 nitrogen and oxygen atoms in total. The first kappa shape index (κ1) is 14.1. The van der Waals surface area contributed by atoms with Crippen molar-refractivity contribution in [3.8, 4) is 5.75 Å². The molecule has 1 N–H and O–H groups in total. The maximum absolute atomic E-state index is 6.05. The highest BCUT2D eigenvalue weighted by Crippen LogP contribution is 2.29. The van der Waals surface area contributed by atoms with Gasteiger partial charge in [0.05, 0.1) is 13.2 Å². The fourth-order valence-corrected chi connectivity index (χ4v) is 1.94. The molecule has 1 aromatic rings. The number of allylic oxidation sites excluding steroid dienone is 1. The van der Waals surface area contributed by atoms with Gasteiger partial charge in [0.2, 0.25) is 0 Å². The molecule has 17 heavy (non-hydrogen) atoms. The zero-order chi connectivity index (χ0) is 12.8. The number of ether oxygens (including phenoxy) is 1. The average molecular weight is 254 g/mol. The van der Waals surface area contributed by atoms with Gasteiger partial charge in [-0.25, -0.2) is 0 Å². The molecule has 0 heterocycles. The van der Waals surface area contributed by atoms with Crippen molar-refractivity contribution in [2.45, 2.75) is 26.8 Å². The average Bonchev–Trinajstić information content (AvgIpc) is 2.28. The highest BCUT2D eigenvalue weighted by molar-refractivity contribution is 6.30. The molecule has 0 radical (unpaired) electrons. The van der Waals surface area contributed by atoms with Gasteiger partial charge in [0, 0.05) is 10.6 Å². The molecule has 0 aliphatic rings. The summed E-state index contributed by atoms with van der Waals surface area (Å²) in [4.78, 5) is 0. The highest BCUT2D eigenvalue weighted by atomic mass is 35.5. The summed E-state index contributed by atoms with van der Waals surface area (Å²) in [5.74, 6) is 0.859. The van der Waals surface area contributed by atoms with Crippen LogP contribution in [0.15, 0.2) is 29.8 Å². The van der Waals surface area contributed by atoms with Crippen molar-refractivity contribution in [3.05, 3.63) is 40.4 Å². The highest BCUT2D eigenvalue weighted by Gasteiger charge is 2.13. The zero-order valence-electron chi connectivity index (χ0n) is 10.9. The number of rotatable bonds is 5. The largest absolute Gasteiger partial charge is 0.496 e. The second-order valence-electron chi connectivity index (χ2n) is 4.17. The van der Waals surface area contributed by atoms with Crippen molar-refractivity contribution in [1.82, 2.24) is 5.32 Å². The third kappa shape index (κ3) is 4.06. The van der Waals surface area contributed by atoms with Gasteiger partial charge < -0.3 is 10.1 Å². The summed E-state index contributed by atoms with van der Waals surface area (Å²) in [6, 6.07) is 5.84. The van der Waals surface area contributed by atoms with E-state index in [9.17, 15) is 0 Å². The Morgan fingerprint density at radius 2 is 2.18 bits per heavy atom. The lowest BCUT2D eigenvalue weighted by atomic mass is 10.0. The van der Waals surface area contributed by atoms with Crippen LogP contribution in [0.5, 0.6) is 5.75 Å². The Morgan fingerprint density at radius 1 is 1.47 bits per heavy atom. The molecule has 0 aliphatic heterocycles. The molecule has 0 saturated carbocycles. The van der Waals surface area contributed by atoms with Crippen molar-refractivity contribution in [1.29, 1.82) is 0 Å². The topological polar surface area (TPSA) is 21.3 Å². The molecule has 1 atom stereocenters. The number of halogens is 1. The molecule has 1 unspecified atom stereocenters. The van der Waals surface area contributed by atoms with Gasteiger partial charge in [-0.3, -0.25) is 0 Å². The Kier molecular flexibility index (Phi) is 5.52. The Balaban J connectivity index is 3.16. The van der Waals surface area contributed by atoms with Gasteiger partial charge in [0.15, 0.2) is 0 Å². The fourth-order valence-electron chi connectivity index (χ4n) is 1.76. The van der Waals surface area contributed by atoms with Crippen LogP contribution >= 0.6 is 11.6 Å². The first-order valence-electron chi connectivity index (χ1n) is 5.80. The molecule has 1 aromatic carbocycles. The quantitative estimate of drug-likeness (QED) is 0.802. The van der Waals surface area contributed by atoms with Crippen LogP contribution in [0.25, 0.3) is 0 Å². The van der Waals surface area contributed by atoms with Crippen LogP contribution < -0.4 is 10.1 Å². The number of likely N-dealkylation sites (N-methyl/N-ethyl adjacent to an activating group) is 1. The second-order valence-corrected chi connectivity index (χ2v) is 4.60. The normalized spacial score (nSPS) is 12.1. The number of hydrogen-bond donors (Lipinski definition) is 1. The third-order valence-corrected chi connectivity index (χ3v) is 2.69. The molecule has 0 spiro atoms. The van der Waals surface area contributed by atoms with E-state index in [1.165, 1.54) is 5.57 Å². The van der Waals surface area contributed by atoms with Crippen molar-refractivity contribution < 1.29 is 4.74 Å². The molecule has 94 valence electrons. The first-order valence-corrected chi connectivity index (χ1v) is 6.18. The van der Waals surface area contributed by atoms with Crippen molar-refractivity contribution in [2.75, 3.05) is 13.7 Å². The lowest BCUT2D eigenvalue weighted by molar-refractivity contribution is 0.405. The van der Waals surface area contributed by atoms with Crippen LogP contribution in [0, 0.1) is 0 Å². The number of benzene rings is 1. The summed E-state index contributed by atoms with van der Waals surface area (Å²) < 4.78 is 5.38. The van der Waals surface area contributed by atoms with Gasteiger partial charge in [0.25, 0.3) is 0 Å².